The van der Waals surface area contributed by atoms with E-state index in [4.69, 9.17) is 4.74 Å². The first-order valence-electron chi connectivity index (χ1n) is 10.1. The molecule has 1 aliphatic rings. The summed E-state index contributed by atoms with van der Waals surface area (Å²) in [5.41, 5.74) is 0.857. The first-order chi connectivity index (χ1) is 14.3. The second-order valence-corrected chi connectivity index (χ2v) is 9.27. The lowest BCUT2D eigenvalue weighted by molar-refractivity contribution is 0.0784. The highest BCUT2D eigenvalue weighted by molar-refractivity contribution is 7.92. The quantitative estimate of drug-likeness (QED) is 0.695. The zero-order valence-corrected chi connectivity index (χ0v) is 18.5. The molecule has 30 heavy (non-hydrogen) atoms. The van der Waals surface area contributed by atoms with Gasteiger partial charge in [-0.1, -0.05) is 19.1 Å². The van der Waals surface area contributed by atoms with Crippen molar-refractivity contribution in [3.63, 3.8) is 0 Å². The van der Waals surface area contributed by atoms with Crippen LogP contribution in [0.4, 0.5) is 5.69 Å². The van der Waals surface area contributed by atoms with Crippen LogP contribution in [0, 0.1) is 5.92 Å². The van der Waals surface area contributed by atoms with E-state index in [-0.39, 0.29) is 10.8 Å². The van der Waals surface area contributed by atoms with E-state index in [1.807, 2.05) is 4.90 Å². The summed E-state index contributed by atoms with van der Waals surface area (Å²) in [5.74, 6) is 0.854. The molecule has 2 aromatic carbocycles. The van der Waals surface area contributed by atoms with Gasteiger partial charge in [-0.15, -0.1) is 0 Å². The fourth-order valence-corrected chi connectivity index (χ4v) is 4.70. The monoisotopic (exact) mass is 431 g/mol. The molecule has 0 radical (unpaired) electrons. The van der Waals surface area contributed by atoms with Crippen LogP contribution < -0.4 is 9.46 Å². The smallest absolute Gasteiger partial charge is 0.262 e. The van der Waals surface area contributed by atoms with Gasteiger partial charge in [0.15, 0.2) is 0 Å². The van der Waals surface area contributed by atoms with E-state index >= 15 is 0 Å². The average Bonchev–Trinajstić information content (AvgIpc) is 3.21. The first kappa shape index (κ1) is 22.1. The van der Waals surface area contributed by atoms with Gasteiger partial charge in [-0.25, -0.2) is 8.42 Å². The lowest BCUT2D eigenvalue weighted by atomic mass is 10.1. The third-order valence-electron chi connectivity index (χ3n) is 5.45. The van der Waals surface area contributed by atoms with Crippen LogP contribution in [0.25, 0.3) is 0 Å². The summed E-state index contributed by atoms with van der Waals surface area (Å²) in [6.07, 6.45) is 0.991. The SMILES string of the molecule is CCN(C)C[C@H]1CCN(C(=O)c2ccc(S(=O)(=O)Nc3ccccc3OC)cc2)C1. The number of para-hydroxylation sites is 2. The predicted octanol–water partition coefficient (Wildman–Crippen LogP) is 2.91. The summed E-state index contributed by atoms with van der Waals surface area (Å²) in [4.78, 5) is 17.0. The average molecular weight is 432 g/mol. The van der Waals surface area contributed by atoms with E-state index in [0.717, 1.165) is 32.6 Å². The molecule has 1 amide bonds. The number of anilines is 1. The van der Waals surface area contributed by atoms with Crippen molar-refractivity contribution in [1.29, 1.82) is 0 Å². The Morgan fingerprint density at radius 2 is 1.90 bits per heavy atom. The summed E-state index contributed by atoms with van der Waals surface area (Å²) < 4.78 is 33.2. The van der Waals surface area contributed by atoms with Gasteiger partial charge < -0.3 is 14.5 Å². The number of benzene rings is 2. The van der Waals surface area contributed by atoms with Crippen LogP contribution in [-0.4, -0.2) is 64.5 Å². The van der Waals surface area contributed by atoms with Crippen molar-refractivity contribution < 1.29 is 17.9 Å². The highest BCUT2D eigenvalue weighted by Gasteiger charge is 2.27. The Labute approximate surface area is 178 Å². The predicted molar refractivity (Wildman–Crippen MR) is 117 cm³/mol. The standard InChI is InChI=1S/C22H29N3O4S/c1-4-24(2)15-17-13-14-25(16-17)22(26)18-9-11-19(12-10-18)30(27,28)23-20-7-5-6-8-21(20)29-3/h5-12,17,23H,4,13-16H2,1-3H3/t17-/m1/s1. The van der Waals surface area contributed by atoms with Gasteiger partial charge in [0.2, 0.25) is 0 Å². The molecular formula is C22H29N3O4S. The zero-order valence-electron chi connectivity index (χ0n) is 17.7. The van der Waals surface area contributed by atoms with Gasteiger partial charge >= 0.3 is 0 Å². The Balaban J connectivity index is 1.68. The second kappa shape index (κ2) is 9.49. The number of nitrogens with one attached hydrogen (secondary N) is 1. The van der Waals surface area contributed by atoms with Crippen molar-refractivity contribution in [2.24, 2.45) is 5.92 Å². The van der Waals surface area contributed by atoms with E-state index in [1.165, 1.54) is 19.2 Å². The maximum Gasteiger partial charge on any atom is 0.262 e. The Morgan fingerprint density at radius 1 is 1.20 bits per heavy atom. The van der Waals surface area contributed by atoms with E-state index < -0.39 is 10.0 Å². The van der Waals surface area contributed by atoms with Crippen molar-refractivity contribution in [1.82, 2.24) is 9.80 Å². The van der Waals surface area contributed by atoms with E-state index in [1.54, 1.807) is 36.4 Å². The molecule has 3 rings (SSSR count). The molecule has 1 heterocycles. The summed E-state index contributed by atoms with van der Waals surface area (Å²) in [6.45, 7) is 5.56. The third kappa shape index (κ3) is 5.12. The number of carbonyl (C=O) groups excluding carboxylic acids is 1. The number of hydrogen-bond acceptors (Lipinski definition) is 5. The Morgan fingerprint density at radius 3 is 2.57 bits per heavy atom. The number of hydrogen-bond donors (Lipinski definition) is 1. The van der Waals surface area contributed by atoms with E-state index in [9.17, 15) is 13.2 Å². The summed E-state index contributed by atoms with van der Waals surface area (Å²) in [7, 11) is -0.224. The summed E-state index contributed by atoms with van der Waals surface area (Å²) in [5, 5.41) is 0. The largest absolute Gasteiger partial charge is 0.495 e. The van der Waals surface area contributed by atoms with Crippen LogP contribution in [0.1, 0.15) is 23.7 Å². The second-order valence-electron chi connectivity index (χ2n) is 7.59. The number of sulfonamides is 1. The molecule has 1 fully saturated rings. The maximum absolute atomic E-state index is 12.8. The minimum Gasteiger partial charge on any atom is -0.495 e. The number of ether oxygens (including phenoxy) is 1. The molecule has 7 nitrogen and oxygen atoms in total. The van der Waals surface area contributed by atoms with Gasteiger partial charge in [-0.2, -0.15) is 0 Å². The van der Waals surface area contributed by atoms with Gasteiger partial charge in [-0.05, 0) is 62.3 Å². The normalized spacial score (nSPS) is 16.7. The summed E-state index contributed by atoms with van der Waals surface area (Å²) >= 11 is 0. The molecule has 1 N–H and O–H groups in total. The molecule has 2 aromatic rings. The molecule has 0 aliphatic carbocycles. The first-order valence-corrected chi connectivity index (χ1v) is 11.6. The zero-order chi connectivity index (χ0) is 21.7. The van der Waals surface area contributed by atoms with Crippen molar-refractivity contribution in [3.05, 3.63) is 54.1 Å². The molecule has 0 spiro atoms. The lowest BCUT2D eigenvalue weighted by Gasteiger charge is -2.20. The number of rotatable bonds is 8. The van der Waals surface area contributed by atoms with Crippen LogP contribution in [0.3, 0.4) is 0 Å². The van der Waals surface area contributed by atoms with Gasteiger partial charge in [0.25, 0.3) is 15.9 Å². The van der Waals surface area contributed by atoms with E-state index in [2.05, 4.69) is 23.6 Å². The molecule has 1 atom stereocenters. The van der Waals surface area contributed by atoms with Crippen molar-refractivity contribution in [3.8, 4) is 5.75 Å². The fourth-order valence-electron chi connectivity index (χ4n) is 3.63. The topological polar surface area (TPSA) is 79.0 Å². The highest BCUT2D eigenvalue weighted by Crippen LogP contribution is 2.26. The molecule has 0 bridgehead atoms. The van der Waals surface area contributed by atoms with Gasteiger partial charge in [-0.3, -0.25) is 9.52 Å². The maximum atomic E-state index is 12.8. The number of likely N-dealkylation sites (tertiary alicyclic amines) is 1. The molecular weight excluding hydrogens is 402 g/mol. The highest BCUT2D eigenvalue weighted by atomic mass is 32.2. The van der Waals surface area contributed by atoms with Crippen molar-refractivity contribution >= 4 is 21.6 Å². The van der Waals surface area contributed by atoms with Gasteiger partial charge in [0.1, 0.15) is 5.75 Å². The van der Waals surface area contributed by atoms with Crippen LogP contribution >= 0.6 is 0 Å². The molecule has 0 saturated carbocycles. The van der Waals surface area contributed by atoms with Gasteiger partial charge in [0.05, 0.1) is 17.7 Å². The van der Waals surface area contributed by atoms with Crippen molar-refractivity contribution in [2.45, 2.75) is 18.2 Å². The third-order valence-corrected chi connectivity index (χ3v) is 6.83. The Kier molecular flexibility index (Phi) is 6.99. The van der Waals surface area contributed by atoms with Crippen LogP contribution in [0.5, 0.6) is 5.75 Å². The van der Waals surface area contributed by atoms with Crippen LogP contribution in [0.15, 0.2) is 53.4 Å². The Hall–Kier alpha value is -2.58. The Bertz CT molecular complexity index is 976. The van der Waals surface area contributed by atoms with E-state index in [0.29, 0.717) is 22.9 Å². The van der Waals surface area contributed by atoms with Gasteiger partial charge in [0, 0.05) is 25.2 Å². The number of carbonyl (C=O) groups is 1. The fraction of sp³-hybridized carbons (Fsp3) is 0.409. The molecule has 162 valence electrons. The number of nitrogens with zero attached hydrogens (tertiary/aromatic N) is 2. The minimum absolute atomic E-state index is 0.0571. The number of methoxy groups -OCH3 is 1. The minimum atomic E-state index is -3.79. The van der Waals surface area contributed by atoms with Crippen LogP contribution in [-0.2, 0) is 10.0 Å². The molecule has 8 heteroatoms. The van der Waals surface area contributed by atoms with Crippen LogP contribution in [0.2, 0.25) is 0 Å². The molecule has 0 unspecified atom stereocenters. The molecule has 1 saturated heterocycles. The molecule has 0 aromatic heterocycles. The summed E-state index contributed by atoms with van der Waals surface area (Å²) in [6, 6.07) is 12.9. The molecule has 1 aliphatic heterocycles. The van der Waals surface area contributed by atoms with Crippen molar-refractivity contribution in [2.75, 3.05) is 45.1 Å². The number of amides is 1. The lowest BCUT2D eigenvalue weighted by Crippen LogP contribution is -2.31.